The Kier molecular flexibility index (Phi) is 4.93. The molecule has 1 aromatic rings. The Labute approximate surface area is 156 Å². The van der Waals surface area contributed by atoms with Crippen LogP contribution >= 0.6 is 23.1 Å². The molecule has 134 valence electrons. The molecule has 2 atom stereocenters. The zero-order valence-corrected chi connectivity index (χ0v) is 17.2. The minimum Gasteiger partial charge on any atom is -0.515 e. The second kappa shape index (κ2) is 6.71. The summed E-state index contributed by atoms with van der Waals surface area (Å²) in [7, 11) is -2.08. The number of β-lactam (4-membered cyclic amide) rings is 1. The molecule has 3 rings (SSSR count). The number of carbonyl (C=O) groups excluding carboxylic acids is 2. The molecule has 0 aromatic carbocycles. The van der Waals surface area contributed by atoms with Crippen LogP contribution in [0.25, 0.3) is 6.08 Å². The molecule has 6 nitrogen and oxygen atoms in total. The average Bonchev–Trinajstić information content (AvgIpc) is 2.94. The van der Waals surface area contributed by atoms with Crippen LogP contribution in [0, 0.1) is 6.92 Å². The summed E-state index contributed by atoms with van der Waals surface area (Å²) in [5.41, 5.74) is 9.74. The molecule has 1 aromatic heterocycles. The van der Waals surface area contributed by atoms with Crippen LogP contribution in [0.3, 0.4) is 0 Å². The molecular formula is C16H21N3O3S2Si. The Hall–Kier alpha value is -1.42. The number of rotatable bonds is 4. The molecule has 3 heterocycles. The fourth-order valence-corrected chi connectivity index (χ4v) is 5.24. The van der Waals surface area contributed by atoms with Crippen molar-refractivity contribution in [1.29, 1.82) is 0 Å². The Morgan fingerprint density at radius 3 is 2.76 bits per heavy atom. The maximum atomic E-state index is 12.8. The van der Waals surface area contributed by atoms with Crippen LogP contribution in [0.2, 0.25) is 19.6 Å². The fourth-order valence-electron chi connectivity index (χ4n) is 2.63. The first-order valence-corrected chi connectivity index (χ1v) is 13.3. The van der Waals surface area contributed by atoms with Crippen LogP contribution in [-0.4, -0.2) is 47.2 Å². The van der Waals surface area contributed by atoms with Gasteiger partial charge >= 0.3 is 5.97 Å². The number of thiazole rings is 1. The maximum Gasteiger partial charge on any atom is 0.342 e. The Morgan fingerprint density at radius 2 is 2.16 bits per heavy atom. The topological polar surface area (TPSA) is 85.5 Å². The highest BCUT2D eigenvalue weighted by Gasteiger charge is 2.52. The van der Waals surface area contributed by atoms with Gasteiger partial charge in [0.15, 0.2) is 0 Å². The maximum absolute atomic E-state index is 12.8. The van der Waals surface area contributed by atoms with Gasteiger partial charge in [-0.3, -0.25) is 9.69 Å². The Morgan fingerprint density at radius 1 is 1.44 bits per heavy atom. The van der Waals surface area contributed by atoms with E-state index < -0.39 is 20.3 Å². The van der Waals surface area contributed by atoms with E-state index in [1.807, 2.05) is 38.7 Å². The number of aryl methyl sites for hydroxylation is 1. The highest BCUT2D eigenvalue weighted by molar-refractivity contribution is 8.00. The number of nitrogens with zero attached hydrogens (tertiary/aromatic N) is 2. The first-order valence-electron chi connectivity index (χ1n) is 7.94. The number of fused-ring (bicyclic) bond motifs is 1. The molecule has 2 N–H and O–H groups in total. The number of hydrogen-bond donors (Lipinski definition) is 1. The van der Waals surface area contributed by atoms with Crippen molar-refractivity contribution in [2.24, 2.45) is 5.73 Å². The van der Waals surface area contributed by atoms with Gasteiger partial charge in [0.25, 0.3) is 0 Å². The SMILES string of the molecule is Cc1ncsc1/C=C\C1=C(C(=O)O[Si](C)(C)C)N2C(=O)C(N)C2SC1. The number of amides is 1. The summed E-state index contributed by atoms with van der Waals surface area (Å²) < 4.78 is 5.66. The van der Waals surface area contributed by atoms with Crippen molar-refractivity contribution >= 4 is 49.4 Å². The molecule has 2 aliphatic rings. The number of thioether (sulfide) groups is 1. The minimum absolute atomic E-state index is 0.182. The van der Waals surface area contributed by atoms with Gasteiger partial charge < -0.3 is 10.2 Å². The van der Waals surface area contributed by atoms with Gasteiger partial charge in [0.2, 0.25) is 14.2 Å². The molecule has 2 unspecified atom stereocenters. The van der Waals surface area contributed by atoms with Crippen molar-refractivity contribution in [1.82, 2.24) is 9.88 Å². The van der Waals surface area contributed by atoms with Crippen LogP contribution in [0.4, 0.5) is 0 Å². The lowest BCUT2D eigenvalue weighted by Gasteiger charge is -2.48. The molecule has 0 radical (unpaired) electrons. The zero-order chi connectivity index (χ0) is 18.4. The molecule has 0 bridgehead atoms. The average molecular weight is 396 g/mol. The van der Waals surface area contributed by atoms with Crippen molar-refractivity contribution in [2.45, 2.75) is 38.0 Å². The van der Waals surface area contributed by atoms with Gasteiger partial charge in [-0.2, -0.15) is 0 Å². The van der Waals surface area contributed by atoms with Crippen molar-refractivity contribution in [3.8, 4) is 0 Å². The first kappa shape index (κ1) is 18.4. The molecule has 2 aliphatic heterocycles. The number of hydrogen-bond acceptors (Lipinski definition) is 7. The molecule has 1 amide bonds. The van der Waals surface area contributed by atoms with E-state index in [2.05, 4.69) is 4.98 Å². The highest BCUT2D eigenvalue weighted by Crippen LogP contribution is 2.40. The fraction of sp³-hybridized carbons (Fsp3) is 0.438. The van der Waals surface area contributed by atoms with Crippen molar-refractivity contribution < 1.29 is 14.0 Å². The summed E-state index contributed by atoms with van der Waals surface area (Å²) in [6, 6.07) is -0.547. The van der Waals surface area contributed by atoms with E-state index in [1.54, 1.807) is 17.3 Å². The van der Waals surface area contributed by atoms with Gasteiger partial charge in [-0.25, -0.2) is 9.78 Å². The lowest BCUT2D eigenvalue weighted by Crippen LogP contribution is -2.68. The minimum atomic E-state index is -2.08. The van der Waals surface area contributed by atoms with Crippen LogP contribution in [0.15, 0.2) is 22.9 Å². The van der Waals surface area contributed by atoms with E-state index in [-0.39, 0.29) is 11.3 Å². The van der Waals surface area contributed by atoms with Crippen molar-refractivity contribution in [3.63, 3.8) is 0 Å². The quantitative estimate of drug-likeness (QED) is 0.622. The van der Waals surface area contributed by atoms with E-state index in [1.165, 1.54) is 16.2 Å². The van der Waals surface area contributed by atoms with E-state index >= 15 is 0 Å². The van der Waals surface area contributed by atoms with Gasteiger partial charge in [-0.05, 0) is 38.2 Å². The van der Waals surface area contributed by atoms with Crippen molar-refractivity contribution in [2.75, 3.05) is 5.75 Å². The molecule has 0 spiro atoms. The molecule has 0 aliphatic carbocycles. The van der Waals surface area contributed by atoms with Crippen LogP contribution in [0.1, 0.15) is 10.6 Å². The smallest absolute Gasteiger partial charge is 0.342 e. The molecule has 25 heavy (non-hydrogen) atoms. The summed E-state index contributed by atoms with van der Waals surface area (Å²) >= 11 is 3.11. The molecule has 0 saturated carbocycles. The van der Waals surface area contributed by atoms with E-state index in [9.17, 15) is 9.59 Å². The zero-order valence-electron chi connectivity index (χ0n) is 14.6. The second-order valence-electron chi connectivity index (χ2n) is 6.95. The second-order valence-corrected chi connectivity index (χ2v) is 13.4. The van der Waals surface area contributed by atoms with Gasteiger partial charge in [-0.1, -0.05) is 6.08 Å². The normalized spacial score (nSPS) is 23.7. The predicted octanol–water partition coefficient (Wildman–Crippen LogP) is 2.34. The number of aromatic nitrogens is 1. The van der Waals surface area contributed by atoms with Crippen LogP contribution in [-0.2, 0) is 14.0 Å². The monoisotopic (exact) mass is 395 g/mol. The van der Waals surface area contributed by atoms with Gasteiger partial charge in [0, 0.05) is 10.6 Å². The third-order valence-electron chi connectivity index (χ3n) is 3.85. The summed E-state index contributed by atoms with van der Waals surface area (Å²) in [5, 5.41) is -0.182. The predicted molar refractivity (Wildman–Crippen MR) is 103 cm³/mol. The Bertz CT molecular complexity index is 782. The molecule has 1 saturated heterocycles. The summed E-state index contributed by atoms with van der Waals surface area (Å²) in [6.45, 7) is 7.77. The van der Waals surface area contributed by atoms with Gasteiger partial charge in [-0.15, -0.1) is 23.1 Å². The number of carbonyl (C=O) groups is 2. The standard InChI is InChI=1S/C16H21N3O3S2Si/c1-9-11(24-8-18-9)6-5-10-7-23-15-12(17)14(20)19(15)13(10)16(21)22-25(2,3)4/h5-6,8,12,15H,7,17H2,1-4H3/b6-5-. The lowest BCUT2D eigenvalue weighted by molar-refractivity contribution is -0.147. The van der Waals surface area contributed by atoms with Gasteiger partial charge in [0.05, 0.1) is 11.2 Å². The lowest BCUT2D eigenvalue weighted by atomic mass is 10.0. The first-order chi connectivity index (χ1) is 11.7. The number of allylic oxidation sites excluding steroid dienone is 1. The van der Waals surface area contributed by atoms with Crippen LogP contribution in [0.5, 0.6) is 0 Å². The molecule has 9 heteroatoms. The Balaban J connectivity index is 1.97. The van der Waals surface area contributed by atoms with Crippen molar-refractivity contribution in [3.05, 3.63) is 33.4 Å². The highest BCUT2D eigenvalue weighted by atomic mass is 32.2. The van der Waals surface area contributed by atoms with Gasteiger partial charge in [0.1, 0.15) is 17.1 Å². The largest absolute Gasteiger partial charge is 0.515 e. The summed E-state index contributed by atoms with van der Waals surface area (Å²) in [4.78, 5) is 31.7. The summed E-state index contributed by atoms with van der Waals surface area (Å²) in [5.74, 6) is -0.0305. The summed E-state index contributed by atoms with van der Waals surface area (Å²) in [6.07, 6.45) is 3.83. The van der Waals surface area contributed by atoms with Crippen LogP contribution < -0.4 is 5.73 Å². The van der Waals surface area contributed by atoms with E-state index in [0.29, 0.717) is 11.4 Å². The molecule has 1 fully saturated rings. The third kappa shape index (κ3) is 3.59. The van der Waals surface area contributed by atoms with E-state index in [4.69, 9.17) is 10.2 Å². The van der Waals surface area contributed by atoms with E-state index in [0.717, 1.165) is 16.1 Å². The number of nitrogens with two attached hydrogens (primary N) is 1. The molecular weight excluding hydrogens is 374 g/mol. The third-order valence-corrected chi connectivity index (χ3v) is 6.87.